The molecule has 2 fully saturated rings. The molecule has 1 saturated carbocycles. The summed E-state index contributed by atoms with van der Waals surface area (Å²) < 4.78 is 5.38. The minimum atomic E-state index is -0.924. The second-order valence-electron chi connectivity index (χ2n) is 5.92. The number of amides is 2. The van der Waals surface area contributed by atoms with E-state index >= 15 is 0 Å². The summed E-state index contributed by atoms with van der Waals surface area (Å²) >= 11 is 0. The van der Waals surface area contributed by atoms with E-state index in [1.54, 1.807) is 6.20 Å². The topological polar surface area (TPSA) is 77.3 Å². The van der Waals surface area contributed by atoms with E-state index < -0.39 is 11.7 Å². The van der Waals surface area contributed by atoms with Gasteiger partial charge in [-0.25, -0.2) is 9.69 Å². The van der Waals surface area contributed by atoms with Gasteiger partial charge in [0, 0.05) is 0 Å². The molecule has 0 radical (unpaired) electrons. The van der Waals surface area contributed by atoms with Gasteiger partial charge in [0.15, 0.2) is 5.60 Å². The molecule has 118 valence electrons. The highest BCUT2D eigenvalue weighted by atomic mass is 16.6. The van der Waals surface area contributed by atoms with Gasteiger partial charge in [-0.1, -0.05) is 18.2 Å². The summed E-state index contributed by atoms with van der Waals surface area (Å²) in [4.78, 5) is 27.2. The van der Waals surface area contributed by atoms with Crippen LogP contribution in [0.2, 0.25) is 0 Å². The zero-order valence-electron chi connectivity index (χ0n) is 12.5. The number of hydrogen-bond acceptors (Lipinski definition) is 5. The number of benzene rings is 1. The quantitative estimate of drug-likeness (QED) is 0.867. The van der Waals surface area contributed by atoms with Crippen LogP contribution in [0.25, 0.3) is 5.69 Å². The number of rotatable bonds is 3. The lowest BCUT2D eigenvalue weighted by Gasteiger charge is -2.17. The van der Waals surface area contributed by atoms with Gasteiger partial charge in [-0.05, 0) is 37.8 Å². The molecule has 0 unspecified atom stereocenters. The van der Waals surface area contributed by atoms with Crippen molar-refractivity contribution in [1.82, 2.24) is 19.9 Å². The molecule has 2 aliphatic rings. The molecule has 0 atom stereocenters. The molecule has 7 nitrogen and oxygen atoms in total. The highest BCUT2D eigenvalue weighted by molar-refractivity contribution is 6.02. The van der Waals surface area contributed by atoms with Crippen LogP contribution in [0.15, 0.2) is 36.5 Å². The third-order valence-corrected chi connectivity index (χ3v) is 4.40. The van der Waals surface area contributed by atoms with E-state index in [2.05, 4.69) is 10.2 Å². The van der Waals surface area contributed by atoms with Crippen LogP contribution in [0.4, 0.5) is 4.79 Å². The van der Waals surface area contributed by atoms with E-state index in [0.29, 0.717) is 18.5 Å². The van der Waals surface area contributed by atoms with Crippen molar-refractivity contribution in [2.45, 2.75) is 37.8 Å². The minimum absolute atomic E-state index is 0.0895. The van der Waals surface area contributed by atoms with Crippen molar-refractivity contribution in [1.29, 1.82) is 0 Å². The largest absolute Gasteiger partial charge is 0.432 e. The molecular formula is C16H16N4O3. The van der Waals surface area contributed by atoms with Crippen molar-refractivity contribution in [2.75, 3.05) is 0 Å². The maximum absolute atomic E-state index is 12.5. The number of imide groups is 1. The predicted molar refractivity (Wildman–Crippen MR) is 79.6 cm³/mol. The van der Waals surface area contributed by atoms with Crippen LogP contribution in [0, 0.1) is 0 Å². The number of hydrogen-bond donors (Lipinski definition) is 0. The number of carbonyl (C=O) groups is 2. The molecule has 23 heavy (non-hydrogen) atoms. The monoisotopic (exact) mass is 312 g/mol. The maximum atomic E-state index is 12.5. The average Bonchev–Trinajstić information content (AvgIpc) is 3.27. The maximum Gasteiger partial charge on any atom is 0.418 e. The molecule has 1 aromatic heterocycles. The molecule has 1 aliphatic heterocycles. The molecule has 0 bridgehead atoms. The Balaban J connectivity index is 1.54. The van der Waals surface area contributed by atoms with Crippen LogP contribution in [-0.2, 0) is 16.1 Å². The van der Waals surface area contributed by atoms with Crippen LogP contribution >= 0.6 is 0 Å². The highest BCUT2D eigenvalue weighted by Crippen LogP contribution is 2.39. The molecule has 2 heterocycles. The number of carbonyl (C=O) groups excluding carboxylic acids is 2. The summed E-state index contributed by atoms with van der Waals surface area (Å²) in [7, 11) is 0. The van der Waals surface area contributed by atoms with Crippen LogP contribution in [-0.4, -0.2) is 37.5 Å². The zero-order valence-corrected chi connectivity index (χ0v) is 12.5. The second-order valence-corrected chi connectivity index (χ2v) is 5.92. The van der Waals surface area contributed by atoms with Crippen molar-refractivity contribution in [3.8, 4) is 5.69 Å². The lowest BCUT2D eigenvalue weighted by atomic mass is 10.0. The summed E-state index contributed by atoms with van der Waals surface area (Å²) in [6, 6.07) is 9.46. The summed E-state index contributed by atoms with van der Waals surface area (Å²) in [5.74, 6) is -0.241. The van der Waals surface area contributed by atoms with Gasteiger partial charge in [0.25, 0.3) is 5.91 Å². The van der Waals surface area contributed by atoms with E-state index in [9.17, 15) is 9.59 Å². The molecule has 4 rings (SSSR count). The molecule has 7 heteroatoms. The van der Waals surface area contributed by atoms with E-state index in [-0.39, 0.29) is 12.5 Å². The fourth-order valence-electron chi connectivity index (χ4n) is 3.21. The van der Waals surface area contributed by atoms with Crippen molar-refractivity contribution in [2.24, 2.45) is 0 Å². The van der Waals surface area contributed by atoms with Crippen LogP contribution < -0.4 is 0 Å². The normalized spacial score (nSPS) is 19.6. The van der Waals surface area contributed by atoms with Crippen molar-refractivity contribution < 1.29 is 14.3 Å². The Morgan fingerprint density at radius 3 is 2.61 bits per heavy atom. The molecule has 1 aliphatic carbocycles. The number of para-hydroxylation sites is 1. The van der Waals surface area contributed by atoms with Gasteiger partial charge < -0.3 is 4.74 Å². The van der Waals surface area contributed by atoms with Crippen LogP contribution in [0.3, 0.4) is 0 Å². The molecule has 2 aromatic rings. The molecule has 1 spiro atoms. The number of aromatic nitrogens is 3. The Kier molecular flexibility index (Phi) is 3.14. The summed E-state index contributed by atoms with van der Waals surface area (Å²) in [5.41, 5.74) is 0.447. The van der Waals surface area contributed by atoms with Crippen molar-refractivity contribution in [3.05, 3.63) is 42.2 Å². The summed E-state index contributed by atoms with van der Waals surface area (Å²) in [6.45, 7) is 0.0895. The third kappa shape index (κ3) is 2.28. The zero-order chi connectivity index (χ0) is 15.9. The molecule has 0 N–H and O–H groups in total. The molecule has 1 saturated heterocycles. The van der Waals surface area contributed by atoms with Crippen LogP contribution in [0.1, 0.15) is 31.4 Å². The SMILES string of the molecule is O=C1OC2(CCCC2)C(=O)N1Cc1cnn(-c2ccccc2)n1. The van der Waals surface area contributed by atoms with Gasteiger partial charge in [0.05, 0.1) is 18.4 Å². The average molecular weight is 312 g/mol. The van der Waals surface area contributed by atoms with Gasteiger partial charge in [-0.15, -0.1) is 0 Å². The lowest BCUT2D eigenvalue weighted by Crippen LogP contribution is -2.38. The smallest absolute Gasteiger partial charge is 0.418 e. The Morgan fingerprint density at radius 1 is 1.13 bits per heavy atom. The summed E-state index contributed by atoms with van der Waals surface area (Å²) in [6.07, 6.45) is 4.04. The second kappa shape index (κ2) is 5.19. The van der Waals surface area contributed by atoms with Crippen LogP contribution in [0.5, 0.6) is 0 Å². The Hall–Kier alpha value is -2.70. The third-order valence-electron chi connectivity index (χ3n) is 4.40. The molecule has 2 amide bonds. The minimum Gasteiger partial charge on any atom is -0.432 e. The van der Waals surface area contributed by atoms with Gasteiger partial charge in [-0.3, -0.25) is 4.79 Å². The molecule has 1 aromatic carbocycles. The van der Waals surface area contributed by atoms with E-state index in [1.165, 1.54) is 4.80 Å². The molecular weight excluding hydrogens is 296 g/mol. The standard InChI is InChI=1S/C16H16N4O3/c21-14-16(8-4-5-9-16)23-15(22)19(14)11-12-10-17-20(18-12)13-6-2-1-3-7-13/h1-3,6-7,10H,4-5,8-9,11H2. The highest BCUT2D eigenvalue weighted by Gasteiger charge is 2.55. The van der Waals surface area contributed by atoms with Crippen molar-refractivity contribution >= 4 is 12.0 Å². The fourth-order valence-corrected chi connectivity index (χ4v) is 3.21. The number of ether oxygens (including phenoxy) is 1. The first-order valence-electron chi connectivity index (χ1n) is 7.70. The van der Waals surface area contributed by atoms with Gasteiger partial charge in [0.2, 0.25) is 0 Å². The fraction of sp³-hybridized carbons (Fsp3) is 0.375. The van der Waals surface area contributed by atoms with Gasteiger partial charge in [-0.2, -0.15) is 15.0 Å². The Labute approximate surface area is 132 Å². The first-order valence-corrected chi connectivity index (χ1v) is 7.70. The Bertz CT molecular complexity index is 750. The van der Waals surface area contributed by atoms with E-state index in [4.69, 9.17) is 4.74 Å². The predicted octanol–water partition coefficient (Wildman–Crippen LogP) is 2.06. The van der Waals surface area contributed by atoms with Crippen molar-refractivity contribution in [3.63, 3.8) is 0 Å². The number of nitrogens with zero attached hydrogens (tertiary/aromatic N) is 4. The van der Waals surface area contributed by atoms with Gasteiger partial charge >= 0.3 is 6.09 Å². The first kappa shape index (κ1) is 13.9. The lowest BCUT2D eigenvalue weighted by molar-refractivity contribution is -0.136. The first-order chi connectivity index (χ1) is 11.2. The van der Waals surface area contributed by atoms with Gasteiger partial charge in [0.1, 0.15) is 5.69 Å². The Morgan fingerprint density at radius 2 is 1.87 bits per heavy atom. The van der Waals surface area contributed by atoms with E-state index in [1.807, 2.05) is 30.3 Å². The van der Waals surface area contributed by atoms with E-state index in [0.717, 1.165) is 23.4 Å². The summed E-state index contributed by atoms with van der Waals surface area (Å²) in [5, 5.41) is 8.51.